The fourth-order valence-electron chi connectivity index (χ4n) is 4.06. The topological polar surface area (TPSA) is 96.6 Å². The van der Waals surface area contributed by atoms with Crippen LogP contribution >= 0.6 is 12.4 Å². The van der Waals surface area contributed by atoms with Gasteiger partial charge in [-0.1, -0.05) is 35.5 Å². The number of nitrogens with zero attached hydrogens (tertiary/aromatic N) is 1. The standard InChI is InChI=1S/C20H25N3O4.ClH/c1-19(13-20(26-12-17(19)24)7-9-21-10-8-20)22-18(25)16-11-15(23-27-16)14-5-3-2-4-6-14;/h2-6,11,17,21,24H,7-10,12-13H2,1H3,(H,22,25);1H/t17-,19-;/m0./s1. The molecule has 28 heavy (non-hydrogen) atoms. The number of halogens is 1. The molecule has 0 saturated carbocycles. The van der Waals surface area contributed by atoms with Crippen LogP contribution in [-0.2, 0) is 4.74 Å². The van der Waals surface area contributed by atoms with E-state index in [1.165, 1.54) is 0 Å². The highest BCUT2D eigenvalue weighted by Crippen LogP contribution is 2.38. The van der Waals surface area contributed by atoms with E-state index in [0.717, 1.165) is 31.5 Å². The van der Waals surface area contributed by atoms with Gasteiger partial charge in [-0.3, -0.25) is 4.79 Å². The number of nitrogens with one attached hydrogen (secondary N) is 2. The van der Waals surface area contributed by atoms with Gasteiger partial charge < -0.3 is 25.0 Å². The average molecular weight is 408 g/mol. The van der Waals surface area contributed by atoms with E-state index in [1.54, 1.807) is 6.07 Å². The van der Waals surface area contributed by atoms with E-state index in [9.17, 15) is 9.90 Å². The quantitative estimate of drug-likeness (QED) is 0.721. The van der Waals surface area contributed by atoms with E-state index in [1.807, 2.05) is 37.3 Å². The Morgan fingerprint density at radius 3 is 2.71 bits per heavy atom. The molecule has 2 fully saturated rings. The van der Waals surface area contributed by atoms with Crippen LogP contribution in [0.4, 0.5) is 0 Å². The monoisotopic (exact) mass is 407 g/mol. The van der Waals surface area contributed by atoms with Gasteiger partial charge in [-0.25, -0.2) is 0 Å². The first kappa shape index (κ1) is 20.8. The molecule has 2 aliphatic rings. The van der Waals surface area contributed by atoms with Crippen molar-refractivity contribution in [2.75, 3.05) is 19.7 Å². The number of piperidine rings is 1. The molecule has 1 spiro atoms. The second-order valence-corrected chi connectivity index (χ2v) is 7.75. The number of carbonyl (C=O) groups is 1. The summed E-state index contributed by atoms with van der Waals surface area (Å²) >= 11 is 0. The first-order chi connectivity index (χ1) is 13.0. The fourth-order valence-corrected chi connectivity index (χ4v) is 4.06. The molecule has 0 unspecified atom stereocenters. The second-order valence-electron chi connectivity index (χ2n) is 7.75. The summed E-state index contributed by atoms with van der Waals surface area (Å²) in [6.07, 6.45) is 1.52. The van der Waals surface area contributed by atoms with Crippen molar-refractivity contribution in [1.29, 1.82) is 0 Å². The molecule has 0 radical (unpaired) electrons. The molecule has 2 atom stereocenters. The summed E-state index contributed by atoms with van der Waals surface area (Å²) in [5, 5.41) is 20.8. The Bertz CT molecular complexity index is 807. The van der Waals surface area contributed by atoms with Crippen molar-refractivity contribution in [1.82, 2.24) is 15.8 Å². The normalized spacial score (nSPS) is 26.4. The third kappa shape index (κ3) is 4.07. The predicted octanol–water partition coefficient (Wildman–Crippen LogP) is 2.16. The van der Waals surface area contributed by atoms with Gasteiger partial charge in [0.05, 0.1) is 17.7 Å². The Morgan fingerprint density at radius 2 is 2.00 bits per heavy atom. The summed E-state index contributed by atoms with van der Waals surface area (Å²) in [4.78, 5) is 12.8. The summed E-state index contributed by atoms with van der Waals surface area (Å²) in [7, 11) is 0. The number of carbonyl (C=O) groups excluding carboxylic acids is 1. The Labute approximate surface area is 170 Å². The molecule has 0 aliphatic carbocycles. The van der Waals surface area contributed by atoms with Crippen molar-refractivity contribution < 1.29 is 19.2 Å². The highest BCUT2D eigenvalue weighted by atomic mass is 35.5. The van der Waals surface area contributed by atoms with E-state index >= 15 is 0 Å². The van der Waals surface area contributed by atoms with Crippen molar-refractivity contribution in [3.05, 3.63) is 42.2 Å². The molecular weight excluding hydrogens is 382 g/mol. The van der Waals surface area contributed by atoms with Crippen LogP contribution in [0.5, 0.6) is 0 Å². The maximum atomic E-state index is 12.8. The zero-order chi connectivity index (χ0) is 18.9. The molecular formula is C20H26ClN3O4. The number of aliphatic hydroxyl groups is 1. The lowest BCUT2D eigenvalue weighted by Crippen LogP contribution is -2.65. The van der Waals surface area contributed by atoms with Gasteiger partial charge in [0, 0.05) is 18.1 Å². The Morgan fingerprint density at radius 1 is 1.29 bits per heavy atom. The zero-order valence-corrected chi connectivity index (χ0v) is 16.6. The van der Waals surface area contributed by atoms with E-state index in [2.05, 4.69) is 15.8 Å². The van der Waals surface area contributed by atoms with Gasteiger partial charge in [-0.05, 0) is 32.9 Å². The van der Waals surface area contributed by atoms with Gasteiger partial charge in [-0.15, -0.1) is 12.4 Å². The lowest BCUT2D eigenvalue weighted by Gasteiger charge is -2.50. The van der Waals surface area contributed by atoms with E-state index < -0.39 is 11.6 Å². The number of aromatic nitrogens is 1. The van der Waals surface area contributed by atoms with Crippen LogP contribution in [-0.4, -0.2) is 53.1 Å². The largest absolute Gasteiger partial charge is 0.388 e. The molecule has 1 amide bonds. The number of hydrogen-bond donors (Lipinski definition) is 3. The van der Waals surface area contributed by atoms with Gasteiger partial charge in [-0.2, -0.15) is 0 Å². The Balaban J connectivity index is 0.00000225. The van der Waals surface area contributed by atoms with Gasteiger partial charge in [0.1, 0.15) is 11.8 Å². The summed E-state index contributed by atoms with van der Waals surface area (Å²) in [5.41, 5.74) is 0.398. The zero-order valence-electron chi connectivity index (χ0n) is 15.8. The van der Waals surface area contributed by atoms with Gasteiger partial charge in [0.2, 0.25) is 5.76 Å². The SMILES string of the molecule is C[C@]1(NC(=O)c2cc(-c3ccccc3)no2)CC2(CCNCC2)OC[C@@H]1O.Cl. The third-order valence-electron chi connectivity index (χ3n) is 5.69. The van der Waals surface area contributed by atoms with E-state index in [0.29, 0.717) is 12.1 Å². The first-order valence-electron chi connectivity index (χ1n) is 9.37. The molecule has 152 valence electrons. The Hall–Kier alpha value is -1.93. The smallest absolute Gasteiger partial charge is 0.290 e. The molecule has 2 aliphatic heterocycles. The maximum absolute atomic E-state index is 12.8. The molecule has 0 bridgehead atoms. The highest BCUT2D eigenvalue weighted by molar-refractivity contribution is 5.93. The average Bonchev–Trinajstić information content (AvgIpc) is 3.17. The van der Waals surface area contributed by atoms with Gasteiger partial charge in [0.15, 0.2) is 0 Å². The highest BCUT2D eigenvalue weighted by Gasteiger charge is 2.49. The number of aliphatic hydroxyl groups excluding tert-OH is 1. The molecule has 1 aromatic carbocycles. The van der Waals surface area contributed by atoms with E-state index in [4.69, 9.17) is 9.26 Å². The van der Waals surface area contributed by atoms with Crippen molar-refractivity contribution in [3.63, 3.8) is 0 Å². The number of hydrogen-bond acceptors (Lipinski definition) is 6. The van der Waals surface area contributed by atoms with Crippen LogP contribution in [0.25, 0.3) is 11.3 Å². The molecule has 1 aromatic heterocycles. The van der Waals surface area contributed by atoms with Crippen LogP contribution in [0.15, 0.2) is 40.9 Å². The fraction of sp³-hybridized carbons (Fsp3) is 0.500. The van der Waals surface area contributed by atoms with Crippen LogP contribution in [0.2, 0.25) is 0 Å². The molecule has 3 heterocycles. The number of rotatable bonds is 3. The van der Waals surface area contributed by atoms with Crippen LogP contribution in [0, 0.1) is 0 Å². The molecule has 2 aromatic rings. The minimum absolute atomic E-state index is 0. The lowest BCUT2D eigenvalue weighted by atomic mass is 9.75. The van der Waals surface area contributed by atoms with Crippen molar-refractivity contribution in [2.45, 2.75) is 43.4 Å². The number of ether oxygens (including phenoxy) is 1. The summed E-state index contributed by atoms with van der Waals surface area (Å²) in [6, 6.07) is 11.2. The summed E-state index contributed by atoms with van der Waals surface area (Å²) in [6.45, 7) is 3.84. The molecule has 2 saturated heterocycles. The molecule has 7 nitrogen and oxygen atoms in total. The maximum Gasteiger partial charge on any atom is 0.290 e. The van der Waals surface area contributed by atoms with Crippen molar-refractivity contribution >= 4 is 18.3 Å². The number of benzene rings is 1. The minimum Gasteiger partial charge on any atom is -0.388 e. The Kier molecular flexibility index (Phi) is 6.09. The molecule has 3 N–H and O–H groups in total. The lowest BCUT2D eigenvalue weighted by molar-refractivity contribution is -0.169. The minimum atomic E-state index is -0.785. The van der Waals surface area contributed by atoms with Crippen LogP contribution < -0.4 is 10.6 Å². The third-order valence-corrected chi connectivity index (χ3v) is 5.69. The van der Waals surface area contributed by atoms with Gasteiger partial charge in [0.25, 0.3) is 5.91 Å². The second kappa shape index (κ2) is 8.21. The molecule has 8 heteroatoms. The number of amides is 1. The first-order valence-corrected chi connectivity index (χ1v) is 9.37. The van der Waals surface area contributed by atoms with Crippen LogP contribution in [0.1, 0.15) is 36.7 Å². The predicted molar refractivity (Wildman–Crippen MR) is 106 cm³/mol. The van der Waals surface area contributed by atoms with Crippen molar-refractivity contribution in [2.24, 2.45) is 0 Å². The van der Waals surface area contributed by atoms with E-state index in [-0.39, 0.29) is 36.3 Å². The summed E-state index contributed by atoms with van der Waals surface area (Å²) < 4.78 is 11.2. The summed E-state index contributed by atoms with van der Waals surface area (Å²) in [5.74, 6) is -0.245. The molecule has 4 rings (SSSR count). The van der Waals surface area contributed by atoms with Crippen LogP contribution in [0.3, 0.4) is 0 Å². The van der Waals surface area contributed by atoms with Gasteiger partial charge >= 0.3 is 0 Å². The van der Waals surface area contributed by atoms with Crippen molar-refractivity contribution in [3.8, 4) is 11.3 Å².